The first kappa shape index (κ1) is 15.8. The van der Waals surface area contributed by atoms with Gasteiger partial charge in [-0.3, -0.25) is 4.98 Å². The summed E-state index contributed by atoms with van der Waals surface area (Å²) >= 11 is 6.64. The number of hydrogen-bond donors (Lipinski definition) is 3. The van der Waals surface area contributed by atoms with Crippen molar-refractivity contribution in [3.05, 3.63) is 35.2 Å². The van der Waals surface area contributed by atoms with E-state index in [-0.39, 0.29) is 0 Å². The molecular formula is C18H20ClN7. The first-order chi connectivity index (χ1) is 12.7. The van der Waals surface area contributed by atoms with E-state index in [1.54, 1.807) is 12.4 Å². The van der Waals surface area contributed by atoms with E-state index in [1.165, 1.54) is 0 Å². The Morgan fingerprint density at radius 2 is 2.15 bits per heavy atom. The molecule has 3 aromatic rings. The van der Waals surface area contributed by atoms with Gasteiger partial charge in [0, 0.05) is 31.0 Å². The highest BCUT2D eigenvalue weighted by Gasteiger charge is 2.54. The summed E-state index contributed by atoms with van der Waals surface area (Å²) in [4.78, 5) is 19.2. The summed E-state index contributed by atoms with van der Waals surface area (Å²) in [5, 5.41) is 4.85. The number of H-pyrrole nitrogens is 1. The average Bonchev–Trinajstić information content (AvgIpc) is 3.02. The lowest BCUT2D eigenvalue weighted by atomic mass is 10.2. The second-order valence-corrected chi connectivity index (χ2v) is 7.42. The van der Waals surface area contributed by atoms with Crippen molar-refractivity contribution in [2.24, 2.45) is 17.6 Å². The second kappa shape index (κ2) is 5.82. The van der Waals surface area contributed by atoms with Gasteiger partial charge in [-0.15, -0.1) is 0 Å². The molecule has 1 saturated carbocycles. The van der Waals surface area contributed by atoms with Crippen LogP contribution in [0, 0.1) is 11.8 Å². The van der Waals surface area contributed by atoms with Gasteiger partial charge >= 0.3 is 0 Å². The molecule has 4 N–H and O–H groups in total. The van der Waals surface area contributed by atoms with Crippen LogP contribution in [0.15, 0.2) is 24.5 Å². The van der Waals surface area contributed by atoms with Crippen LogP contribution in [0.4, 0.5) is 17.5 Å². The van der Waals surface area contributed by atoms with E-state index in [0.717, 1.165) is 52.8 Å². The molecule has 1 aliphatic carbocycles. The number of nitrogens with one attached hydrogen (secondary N) is 2. The summed E-state index contributed by atoms with van der Waals surface area (Å²) in [7, 11) is 0. The Morgan fingerprint density at radius 1 is 1.35 bits per heavy atom. The molecule has 8 heteroatoms. The monoisotopic (exact) mass is 369 g/mol. The first-order valence-electron chi connectivity index (χ1n) is 8.91. The minimum Gasteiger partial charge on any atom is -0.355 e. The molecule has 26 heavy (non-hydrogen) atoms. The Balaban J connectivity index is 1.59. The Labute approximate surface area is 156 Å². The maximum atomic E-state index is 6.64. The molecule has 3 aromatic heterocycles. The molecule has 0 radical (unpaired) electrons. The maximum absolute atomic E-state index is 6.64. The van der Waals surface area contributed by atoms with Crippen molar-refractivity contribution >= 4 is 40.1 Å². The van der Waals surface area contributed by atoms with Gasteiger partial charge in [0.2, 0.25) is 5.95 Å². The summed E-state index contributed by atoms with van der Waals surface area (Å²) in [6.45, 7) is 3.92. The molecule has 5 rings (SSSR count). The Hall–Kier alpha value is -2.38. The molecule has 2 atom stereocenters. The molecule has 134 valence electrons. The topological polar surface area (TPSA) is 95.8 Å². The normalized spacial score (nSPS) is 24.1. The Bertz CT molecular complexity index is 959. The molecule has 0 aromatic carbocycles. The summed E-state index contributed by atoms with van der Waals surface area (Å²) in [6.07, 6.45) is 4.30. The molecule has 1 aliphatic heterocycles. The van der Waals surface area contributed by atoms with Crippen molar-refractivity contribution in [3.8, 4) is 0 Å². The zero-order chi connectivity index (χ0) is 17.8. The number of anilines is 3. The zero-order valence-electron chi connectivity index (χ0n) is 14.4. The SMILES string of the molecule is CCc1[nH]c2nc(Nc3cccnc3)nc(N3CC4C(N)C4C3)c2c1Cl. The smallest absolute Gasteiger partial charge is 0.231 e. The van der Waals surface area contributed by atoms with Crippen LogP contribution in [0.2, 0.25) is 5.02 Å². The molecule has 0 spiro atoms. The standard InChI is InChI=1S/C18H20ClN7/c1-2-12-14(19)13-16(23-12)24-18(22-9-4-3-5-21-6-9)25-17(13)26-7-10-11(8-26)15(10)20/h3-6,10-11,15H,2,7-8,20H2,1H3,(H2,22,23,24,25). The number of halogens is 1. The number of fused-ring (bicyclic) bond motifs is 2. The fraction of sp³-hybridized carbons (Fsp3) is 0.389. The van der Waals surface area contributed by atoms with Crippen LogP contribution in [-0.4, -0.2) is 39.1 Å². The number of aromatic amines is 1. The third-order valence-corrected chi connectivity index (χ3v) is 5.89. The van der Waals surface area contributed by atoms with Gasteiger partial charge in [0.1, 0.15) is 11.5 Å². The number of hydrogen-bond acceptors (Lipinski definition) is 6. The van der Waals surface area contributed by atoms with Crippen molar-refractivity contribution in [3.63, 3.8) is 0 Å². The summed E-state index contributed by atoms with van der Waals surface area (Å²) in [6, 6.07) is 4.14. The lowest BCUT2D eigenvalue weighted by molar-refractivity contribution is 0.737. The van der Waals surface area contributed by atoms with Gasteiger partial charge in [0.05, 0.1) is 22.3 Å². The van der Waals surface area contributed by atoms with Gasteiger partial charge in [-0.2, -0.15) is 9.97 Å². The number of aryl methyl sites for hydroxylation is 1. The van der Waals surface area contributed by atoms with Gasteiger partial charge < -0.3 is 20.9 Å². The van der Waals surface area contributed by atoms with Crippen LogP contribution in [0.3, 0.4) is 0 Å². The quantitative estimate of drug-likeness (QED) is 0.654. The zero-order valence-corrected chi connectivity index (χ0v) is 15.2. The van der Waals surface area contributed by atoms with E-state index < -0.39 is 0 Å². The number of pyridine rings is 1. The minimum atomic E-state index is 0.337. The van der Waals surface area contributed by atoms with Gasteiger partial charge in [-0.1, -0.05) is 18.5 Å². The number of rotatable bonds is 4. The van der Waals surface area contributed by atoms with E-state index in [9.17, 15) is 0 Å². The van der Waals surface area contributed by atoms with Crippen molar-refractivity contribution < 1.29 is 0 Å². The fourth-order valence-corrected chi connectivity index (χ4v) is 4.28. The third kappa shape index (κ3) is 2.42. The molecule has 2 unspecified atom stereocenters. The lowest BCUT2D eigenvalue weighted by Crippen LogP contribution is -2.29. The van der Waals surface area contributed by atoms with Crippen LogP contribution < -0.4 is 16.0 Å². The second-order valence-electron chi connectivity index (χ2n) is 7.04. The largest absolute Gasteiger partial charge is 0.355 e. The Kier molecular flexibility index (Phi) is 3.55. The lowest BCUT2D eigenvalue weighted by Gasteiger charge is -2.21. The molecule has 0 amide bonds. The van der Waals surface area contributed by atoms with Crippen LogP contribution >= 0.6 is 11.6 Å². The number of aromatic nitrogens is 4. The molecular weight excluding hydrogens is 350 g/mol. The number of nitrogens with two attached hydrogens (primary N) is 1. The molecule has 4 heterocycles. The predicted octanol–water partition coefficient (Wildman–Crippen LogP) is 2.71. The van der Waals surface area contributed by atoms with Crippen LogP contribution in [0.25, 0.3) is 11.0 Å². The molecule has 2 fully saturated rings. The highest BCUT2D eigenvalue weighted by molar-refractivity contribution is 6.37. The predicted molar refractivity (Wildman–Crippen MR) is 103 cm³/mol. The summed E-state index contributed by atoms with van der Waals surface area (Å²) in [5.74, 6) is 2.55. The minimum absolute atomic E-state index is 0.337. The van der Waals surface area contributed by atoms with Crippen LogP contribution in [-0.2, 0) is 6.42 Å². The molecule has 1 saturated heterocycles. The molecule has 0 bridgehead atoms. The van der Waals surface area contributed by atoms with Crippen molar-refractivity contribution in [1.82, 2.24) is 19.9 Å². The summed E-state index contributed by atoms with van der Waals surface area (Å²) in [5.41, 5.74) is 8.69. The van der Waals surface area contributed by atoms with Gasteiger partial charge in [-0.05, 0) is 30.4 Å². The molecule has 2 aliphatic rings. The van der Waals surface area contributed by atoms with Gasteiger partial charge in [0.25, 0.3) is 0 Å². The number of nitrogens with zero attached hydrogens (tertiary/aromatic N) is 4. The van der Waals surface area contributed by atoms with Crippen molar-refractivity contribution in [2.75, 3.05) is 23.3 Å². The van der Waals surface area contributed by atoms with E-state index in [0.29, 0.717) is 23.8 Å². The fourth-order valence-electron chi connectivity index (χ4n) is 3.93. The molecule has 7 nitrogen and oxygen atoms in total. The van der Waals surface area contributed by atoms with E-state index >= 15 is 0 Å². The first-order valence-corrected chi connectivity index (χ1v) is 9.29. The Morgan fingerprint density at radius 3 is 2.85 bits per heavy atom. The van der Waals surface area contributed by atoms with Crippen molar-refractivity contribution in [2.45, 2.75) is 19.4 Å². The van der Waals surface area contributed by atoms with E-state index in [1.807, 2.05) is 12.1 Å². The van der Waals surface area contributed by atoms with E-state index in [2.05, 4.69) is 32.1 Å². The summed E-state index contributed by atoms with van der Waals surface area (Å²) < 4.78 is 0. The van der Waals surface area contributed by atoms with Gasteiger partial charge in [0.15, 0.2) is 0 Å². The third-order valence-electron chi connectivity index (χ3n) is 5.47. The van der Waals surface area contributed by atoms with E-state index in [4.69, 9.17) is 22.3 Å². The van der Waals surface area contributed by atoms with Crippen LogP contribution in [0.5, 0.6) is 0 Å². The van der Waals surface area contributed by atoms with Crippen molar-refractivity contribution in [1.29, 1.82) is 0 Å². The number of piperidine rings is 1. The highest BCUT2D eigenvalue weighted by Crippen LogP contribution is 2.47. The van der Waals surface area contributed by atoms with Gasteiger partial charge in [-0.25, -0.2) is 0 Å². The highest BCUT2D eigenvalue weighted by atomic mass is 35.5. The average molecular weight is 370 g/mol. The van der Waals surface area contributed by atoms with Crippen LogP contribution in [0.1, 0.15) is 12.6 Å². The maximum Gasteiger partial charge on any atom is 0.231 e.